The zero-order valence-electron chi connectivity index (χ0n) is 17.9. The minimum absolute atomic E-state index is 0. The van der Waals surface area contributed by atoms with Gasteiger partial charge < -0.3 is 24.8 Å². The van der Waals surface area contributed by atoms with Crippen LogP contribution < -0.4 is 30.1 Å². The third-order valence-corrected chi connectivity index (χ3v) is 11.0. The van der Waals surface area contributed by atoms with Gasteiger partial charge in [-0.05, 0) is 0 Å². The Morgan fingerprint density at radius 2 is 1.48 bits per heavy atom. The molecule has 2 aliphatic carbocycles. The molecule has 2 aliphatic rings. The monoisotopic (exact) mass is 498 g/mol. The second kappa shape index (κ2) is 10.2. The van der Waals surface area contributed by atoms with Gasteiger partial charge in [-0.3, -0.25) is 0 Å². The second-order valence-corrected chi connectivity index (χ2v) is 11.9. The number of benzene rings is 3. The van der Waals surface area contributed by atoms with Crippen molar-refractivity contribution in [3.8, 4) is 0 Å². The van der Waals surface area contributed by atoms with Gasteiger partial charge in [0.25, 0.3) is 0 Å². The van der Waals surface area contributed by atoms with E-state index in [1.54, 1.807) is 16.4 Å². The molecule has 3 atom stereocenters. The maximum atomic E-state index is 2.50. The summed E-state index contributed by atoms with van der Waals surface area (Å²) in [5, 5.41) is 3.14. The maximum Gasteiger partial charge on any atom is -1.00 e. The maximum absolute atomic E-state index is 2.50. The molecule has 3 aromatic rings. The van der Waals surface area contributed by atoms with E-state index in [4.69, 9.17) is 0 Å². The molecule has 0 heterocycles. The number of aryl methyl sites for hydroxylation is 3. The van der Waals surface area contributed by atoms with Gasteiger partial charge in [0.1, 0.15) is 0 Å². The predicted molar refractivity (Wildman–Crippen MR) is 124 cm³/mol. The van der Waals surface area contributed by atoms with Crippen LogP contribution in [0.15, 0.2) is 72.1 Å². The van der Waals surface area contributed by atoms with E-state index in [9.17, 15) is 0 Å². The molecule has 0 aliphatic heterocycles. The molecule has 0 saturated carbocycles. The fourth-order valence-electron chi connectivity index (χ4n) is 4.58. The van der Waals surface area contributed by atoms with E-state index in [-0.39, 0.29) is 44.0 Å². The molecule has 0 amide bonds. The van der Waals surface area contributed by atoms with E-state index in [1.165, 1.54) is 33.1 Å². The van der Waals surface area contributed by atoms with Gasteiger partial charge in [-0.15, -0.1) is 0 Å². The van der Waals surface area contributed by atoms with Crippen LogP contribution in [0.3, 0.4) is 0 Å². The molecule has 0 saturated heterocycles. The molecule has 0 nitrogen and oxygen atoms in total. The van der Waals surface area contributed by atoms with Crippen LogP contribution in [0.5, 0.6) is 0 Å². The summed E-state index contributed by atoms with van der Waals surface area (Å²) < 4.78 is 1.26. The van der Waals surface area contributed by atoms with Crippen molar-refractivity contribution in [2.75, 3.05) is 0 Å². The summed E-state index contributed by atoms with van der Waals surface area (Å²) in [5.74, 6) is 0. The zero-order valence-corrected chi connectivity index (χ0v) is 22.0. The van der Waals surface area contributed by atoms with Crippen molar-refractivity contribution in [3.05, 3.63) is 111 Å². The van der Waals surface area contributed by atoms with Crippen LogP contribution in [0.2, 0.25) is 0 Å². The molecule has 0 fully saturated rings. The third kappa shape index (κ3) is 4.66. The van der Waals surface area contributed by atoms with E-state index in [1.807, 2.05) is 0 Å². The molecule has 5 rings (SSSR count). The molecule has 0 radical (unpaired) electrons. The van der Waals surface area contributed by atoms with Crippen LogP contribution in [-0.4, -0.2) is 0 Å². The fourth-order valence-corrected chi connectivity index (χ4v) is 9.40. The quantitative estimate of drug-likeness (QED) is 0.370. The summed E-state index contributed by atoms with van der Waals surface area (Å²) >= 11 is -0.257. The average molecular weight is 499 g/mol. The van der Waals surface area contributed by atoms with Gasteiger partial charge in [0, 0.05) is 0 Å². The SMILES string of the molecule is Cc1ccccc1PC1=Cc2ccccc2[CH]1[Ti+2][CH]1C=Cc2c(C)ccc(C)c21.[Cl-].[Cl-]. The molecule has 0 spiro atoms. The Balaban J connectivity index is 0.00000136. The number of rotatable bonds is 4. The first-order chi connectivity index (χ1) is 14.1. The minimum atomic E-state index is -0.257. The van der Waals surface area contributed by atoms with Gasteiger partial charge in [0.15, 0.2) is 0 Å². The largest absolute Gasteiger partial charge is 1.00 e. The summed E-state index contributed by atoms with van der Waals surface area (Å²) in [4.78, 5) is 0. The normalized spacial score (nSPS) is 18.1. The third-order valence-electron chi connectivity index (χ3n) is 6.19. The Morgan fingerprint density at radius 1 is 0.774 bits per heavy atom. The van der Waals surface area contributed by atoms with Gasteiger partial charge in [-0.2, -0.15) is 0 Å². The predicted octanol–water partition coefficient (Wildman–Crippen LogP) is 0.870. The van der Waals surface area contributed by atoms with E-state index < -0.39 is 0 Å². The Morgan fingerprint density at radius 3 is 2.29 bits per heavy atom. The Bertz CT molecular complexity index is 1170. The number of allylic oxidation sites excluding steroid dienone is 2. The molecule has 0 N–H and O–H groups in total. The van der Waals surface area contributed by atoms with Crippen molar-refractivity contribution >= 4 is 26.0 Å². The smallest absolute Gasteiger partial charge is 1.00 e. The topological polar surface area (TPSA) is 0 Å². The Labute approximate surface area is 209 Å². The average Bonchev–Trinajstić information content (AvgIpc) is 3.30. The molecule has 0 aromatic heterocycles. The Hall–Kier alpha value is -1.14. The first-order valence-electron chi connectivity index (χ1n) is 10.3. The van der Waals surface area contributed by atoms with Gasteiger partial charge >= 0.3 is 185 Å². The molecular formula is C27H25Cl2PTi. The summed E-state index contributed by atoms with van der Waals surface area (Å²) in [6, 6.07) is 22.6. The summed E-state index contributed by atoms with van der Waals surface area (Å²) in [7, 11) is 0.772. The number of hydrogen-bond donors (Lipinski definition) is 0. The van der Waals surface area contributed by atoms with Gasteiger partial charge in [0.05, 0.1) is 0 Å². The molecule has 3 unspecified atom stereocenters. The minimum Gasteiger partial charge on any atom is -1.00 e. The van der Waals surface area contributed by atoms with Crippen LogP contribution in [0.1, 0.15) is 47.4 Å². The standard InChI is InChI=1S/C16H14P.C11H11.2ClH.Ti/c1-12-6-2-5-9-16(12)17-15-10-13-7-3-4-8-14(13)11-15;1-8-6-7-9(2)11-5-3-4-10(8)11;;;/h2-11,17H,1H3;3-7H,1-2H3;2*1H;/q;;;;+2/p-2. The van der Waals surface area contributed by atoms with Crippen molar-refractivity contribution in [3.63, 3.8) is 0 Å². The molecule has 3 aromatic carbocycles. The van der Waals surface area contributed by atoms with Crippen molar-refractivity contribution in [1.29, 1.82) is 0 Å². The number of halogens is 2. The zero-order chi connectivity index (χ0) is 20.0. The van der Waals surface area contributed by atoms with Crippen LogP contribution in [0.25, 0.3) is 12.2 Å². The second-order valence-electron chi connectivity index (χ2n) is 8.13. The van der Waals surface area contributed by atoms with Crippen molar-refractivity contribution in [1.82, 2.24) is 0 Å². The van der Waals surface area contributed by atoms with E-state index >= 15 is 0 Å². The summed E-state index contributed by atoms with van der Waals surface area (Å²) in [6.07, 6.45) is 7.39. The molecular weight excluding hydrogens is 474 g/mol. The molecule has 156 valence electrons. The van der Waals surface area contributed by atoms with E-state index in [2.05, 4.69) is 99.7 Å². The molecule has 31 heavy (non-hydrogen) atoms. The van der Waals surface area contributed by atoms with Crippen molar-refractivity contribution in [2.45, 2.75) is 29.2 Å². The van der Waals surface area contributed by atoms with Crippen molar-refractivity contribution in [2.24, 2.45) is 0 Å². The van der Waals surface area contributed by atoms with Crippen LogP contribution in [-0.2, 0) is 19.2 Å². The Kier molecular flexibility index (Phi) is 8.07. The summed E-state index contributed by atoms with van der Waals surface area (Å²) in [5.41, 5.74) is 10.4. The number of fused-ring (bicyclic) bond motifs is 2. The summed E-state index contributed by atoms with van der Waals surface area (Å²) in [6.45, 7) is 6.79. The first-order valence-corrected chi connectivity index (χ1v) is 13.1. The van der Waals surface area contributed by atoms with Gasteiger partial charge in [-0.25, -0.2) is 0 Å². The van der Waals surface area contributed by atoms with Crippen LogP contribution in [0.4, 0.5) is 0 Å². The first kappa shape index (κ1) is 24.5. The number of hydrogen-bond acceptors (Lipinski definition) is 0. The fraction of sp³-hybridized carbons (Fsp3) is 0.185. The van der Waals surface area contributed by atoms with E-state index in [0.29, 0.717) is 8.45 Å². The van der Waals surface area contributed by atoms with Gasteiger partial charge in [0.2, 0.25) is 0 Å². The van der Waals surface area contributed by atoms with Crippen molar-refractivity contribution < 1.29 is 44.0 Å². The van der Waals surface area contributed by atoms with Crippen LogP contribution in [0, 0.1) is 20.8 Å². The van der Waals surface area contributed by atoms with Gasteiger partial charge in [-0.1, -0.05) is 0 Å². The molecule has 0 bridgehead atoms. The van der Waals surface area contributed by atoms with Crippen LogP contribution >= 0.6 is 8.58 Å². The van der Waals surface area contributed by atoms with E-state index in [0.717, 1.165) is 8.58 Å². The molecule has 4 heteroatoms.